The van der Waals surface area contributed by atoms with Gasteiger partial charge in [-0.2, -0.15) is 0 Å². The Kier molecular flexibility index (Phi) is 5.03. The molecule has 0 unspecified atom stereocenters. The topological polar surface area (TPSA) is 50.3 Å². The normalized spacial score (nSPS) is 13.9. The first-order chi connectivity index (χ1) is 13.2. The van der Waals surface area contributed by atoms with Crippen LogP contribution in [-0.2, 0) is 19.5 Å². The number of ether oxygens (including phenoxy) is 1. The van der Waals surface area contributed by atoms with Gasteiger partial charge in [-0.3, -0.25) is 4.90 Å². The van der Waals surface area contributed by atoms with Crippen LogP contribution >= 0.6 is 0 Å². The molecule has 3 aromatic rings. The van der Waals surface area contributed by atoms with Crippen LogP contribution in [0.25, 0.3) is 0 Å². The Morgan fingerprint density at radius 2 is 1.93 bits per heavy atom. The van der Waals surface area contributed by atoms with Crippen LogP contribution in [0.5, 0.6) is 5.75 Å². The van der Waals surface area contributed by atoms with E-state index < -0.39 is 0 Å². The molecule has 0 radical (unpaired) electrons. The zero-order valence-electron chi connectivity index (χ0n) is 15.8. The van der Waals surface area contributed by atoms with Crippen LogP contribution in [0.15, 0.2) is 54.7 Å². The van der Waals surface area contributed by atoms with Gasteiger partial charge in [0.05, 0.1) is 18.5 Å². The first kappa shape index (κ1) is 17.5. The van der Waals surface area contributed by atoms with Gasteiger partial charge in [-0.25, -0.2) is 9.97 Å². The van der Waals surface area contributed by atoms with Crippen LogP contribution in [0, 0.1) is 6.92 Å². The standard InChI is InChI=1S/C22H24N4O/c1-16-7-3-4-8-17(16)14-26-12-11-19-18(15-26)13-23-22(24-19)25-20-9-5-6-10-21(20)27-2/h3-10,13H,11-12,14-15H2,1-2H3,(H,23,24,25). The van der Waals surface area contributed by atoms with E-state index in [1.165, 1.54) is 16.7 Å². The van der Waals surface area contributed by atoms with Crippen LogP contribution in [0.1, 0.15) is 22.4 Å². The van der Waals surface area contributed by atoms with E-state index in [1.807, 2.05) is 30.5 Å². The average Bonchev–Trinajstić information content (AvgIpc) is 2.70. The summed E-state index contributed by atoms with van der Waals surface area (Å²) in [7, 11) is 1.66. The summed E-state index contributed by atoms with van der Waals surface area (Å²) in [6.07, 6.45) is 2.88. The molecule has 0 bridgehead atoms. The molecule has 4 rings (SSSR count). The Labute approximate surface area is 160 Å². The number of fused-ring (bicyclic) bond motifs is 1. The molecular weight excluding hydrogens is 336 g/mol. The highest BCUT2D eigenvalue weighted by molar-refractivity contribution is 5.62. The Morgan fingerprint density at radius 1 is 1.11 bits per heavy atom. The van der Waals surface area contributed by atoms with E-state index in [-0.39, 0.29) is 0 Å². The molecule has 5 heteroatoms. The molecule has 1 aromatic heterocycles. The molecule has 1 aliphatic heterocycles. The lowest BCUT2D eigenvalue weighted by molar-refractivity contribution is 0.242. The number of aromatic nitrogens is 2. The highest BCUT2D eigenvalue weighted by Gasteiger charge is 2.19. The van der Waals surface area contributed by atoms with Crippen LogP contribution in [0.2, 0.25) is 0 Å². The maximum absolute atomic E-state index is 5.39. The molecule has 0 aliphatic carbocycles. The second-order valence-corrected chi connectivity index (χ2v) is 6.88. The monoisotopic (exact) mass is 360 g/mol. The minimum Gasteiger partial charge on any atom is -0.495 e. The number of nitrogens with one attached hydrogen (secondary N) is 1. The largest absolute Gasteiger partial charge is 0.495 e. The summed E-state index contributed by atoms with van der Waals surface area (Å²) < 4.78 is 5.39. The number of nitrogens with zero attached hydrogens (tertiary/aromatic N) is 3. The van der Waals surface area contributed by atoms with E-state index in [4.69, 9.17) is 9.72 Å². The van der Waals surface area contributed by atoms with Crippen molar-refractivity contribution in [1.29, 1.82) is 0 Å². The van der Waals surface area contributed by atoms with Gasteiger partial charge in [0.15, 0.2) is 0 Å². The molecule has 0 fully saturated rings. The Morgan fingerprint density at radius 3 is 2.78 bits per heavy atom. The molecule has 1 N–H and O–H groups in total. The molecule has 0 saturated carbocycles. The molecule has 0 spiro atoms. The summed E-state index contributed by atoms with van der Waals surface area (Å²) in [6.45, 7) is 5.03. The third-order valence-corrected chi connectivity index (χ3v) is 5.02. The zero-order valence-corrected chi connectivity index (χ0v) is 15.8. The highest BCUT2D eigenvalue weighted by Crippen LogP contribution is 2.27. The summed E-state index contributed by atoms with van der Waals surface area (Å²) in [5.41, 5.74) is 5.94. The second-order valence-electron chi connectivity index (χ2n) is 6.88. The zero-order chi connectivity index (χ0) is 18.6. The van der Waals surface area contributed by atoms with Crippen LogP contribution < -0.4 is 10.1 Å². The van der Waals surface area contributed by atoms with Crippen LogP contribution in [0.3, 0.4) is 0 Å². The van der Waals surface area contributed by atoms with Crippen molar-refractivity contribution in [2.24, 2.45) is 0 Å². The summed E-state index contributed by atoms with van der Waals surface area (Å²) in [5.74, 6) is 1.40. The minimum absolute atomic E-state index is 0.616. The molecule has 2 aromatic carbocycles. The van der Waals surface area contributed by atoms with Gasteiger partial charge >= 0.3 is 0 Å². The van der Waals surface area contributed by atoms with Gasteiger partial charge in [0.1, 0.15) is 5.75 Å². The maximum Gasteiger partial charge on any atom is 0.227 e. The predicted molar refractivity (Wildman–Crippen MR) is 107 cm³/mol. The Bertz CT molecular complexity index is 941. The third-order valence-electron chi connectivity index (χ3n) is 5.02. The first-order valence-electron chi connectivity index (χ1n) is 9.24. The van der Waals surface area contributed by atoms with E-state index in [9.17, 15) is 0 Å². The van der Waals surface area contributed by atoms with Crippen molar-refractivity contribution in [3.05, 3.63) is 77.1 Å². The lowest BCUT2D eigenvalue weighted by Gasteiger charge is -2.28. The molecule has 0 saturated heterocycles. The Hall–Kier alpha value is -2.92. The molecular formula is C22H24N4O. The van der Waals surface area contributed by atoms with E-state index in [0.29, 0.717) is 5.95 Å². The van der Waals surface area contributed by atoms with E-state index >= 15 is 0 Å². The van der Waals surface area contributed by atoms with Crippen molar-refractivity contribution in [3.63, 3.8) is 0 Å². The van der Waals surface area contributed by atoms with Crippen molar-refractivity contribution >= 4 is 11.6 Å². The van der Waals surface area contributed by atoms with Gasteiger partial charge in [-0.15, -0.1) is 0 Å². The fraction of sp³-hybridized carbons (Fsp3) is 0.273. The van der Waals surface area contributed by atoms with Crippen molar-refractivity contribution in [2.45, 2.75) is 26.4 Å². The molecule has 1 aliphatic rings. The van der Waals surface area contributed by atoms with Gasteiger partial charge in [-0.1, -0.05) is 36.4 Å². The van der Waals surface area contributed by atoms with Crippen LogP contribution in [-0.4, -0.2) is 28.5 Å². The maximum atomic E-state index is 5.39. The number of para-hydroxylation sites is 2. The van der Waals surface area contributed by atoms with Gasteiger partial charge in [0.2, 0.25) is 5.95 Å². The highest BCUT2D eigenvalue weighted by atomic mass is 16.5. The van der Waals surface area contributed by atoms with Gasteiger partial charge in [-0.05, 0) is 30.2 Å². The molecule has 27 heavy (non-hydrogen) atoms. The van der Waals surface area contributed by atoms with Crippen LogP contribution in [0.4, 0.5) is 11.6 Å². The van der Waals surface area contributed by atoms with Crippen molar-refractivity contribution < 1.29 is 4.74 Å². The second kappa shape index (κ2) is 7.76. The minimum atomic E-state index is 0.616. The lowest BCUT2D eigenvalue weighted by atomic mass is 10.0. The predicted octanol–water partition coefficient (Wildman–Crippen LogP) is 4.10. The van der Waals surface area contributed by atoms with E-state index in [0.717, 1.165) is 43.2 Å². The summed E-state index contributed by atoms with van der Waals surface area (Å²) in [6, 6.07) is 16.4. The molecule has 2 heterocycles. The quantitative estimate of drug-likeness (QED) is 0.742. The Balaban J connectivity index is 1.47. The number of hydrogen-bond acceptors (Lipinski definition) is 5. The summed E-state index contributed by atoms with van der Waals surface area (Å²) >= 11 is 0. The number of benzene rings is 2. The van der Waals surface area contributed by atoms with E-state index in [1.54, 1.807) is 7.11 Å². The molecule has 138 valence electrons. The fourth-order valence-corrected chi connectivity index (χ4v) is 3.47. The van der Waals surface area contributed by atoms with Crippen molar-refractivity contribution in [3.8, 4) is 5.75 Å². The summed E-state index contributed by atoms with van der Waals surface area (Å²) in [4.78, 5) is 11.7. The van der Waals surface area contributed by atoms with Gasteiger partial charge in [0.25, 0.3) is 0 Å². The lowest BCUT2D eigenvalue weighted by Crippen LogP contribution is -2.31. The molecule has 5 nitrogen and oxygen atoms in total. The van der Waals surface area contributed by atoms with Crippen molar-refractivity contribution in [2.75, 3.05) is 19.0 Å². The number of aryl methyl sites for hydroxylation is 1. The average molecular weight is 360 g/mol. The third kappa shape index (κ3) is 3.93. The smallest absolute Gasteiger partial charge is 0.227 e. The molecule has 0 atom stereocenters. The number of methoxy groups -OCH3 is 1. The number of rotatable bonds is 5. The molecule has 0 amide bonds. The van der Waals surface area contributed by atoms with E-state index in [2.05, 4.69) is 46.4 Å². The summed E-state index contributed by atoms with van der Waals surface area (Å²) in [5, 5.41) is 3.27. The number of anilines is 2. The first-order valence-corrected chi connectivity index (χ1v) is 9.24. The fourth-order valence-electron chi connectivity index (χ4n) is 3.47. The van der Waals surface area contributed by atoms with Gasteiger partial charge < -0.3 is 10.1 Å². The van der Waals surface area contributed by atoms with Crippen molar-refractivity contribution in [1.82, 2.24) is 14.9 Å². The van der Waals surface area contributed by atoms with Gasteiger partial charge in [0, 0.05) is 37.8 Å². The SMILES string of the molecule is COc1ccccc1Nc1ncc2c(n1)CCN(Cc1ccccc1C)C2. The number of hydrogen-bond donors (Lipinski definition) is 1.